The lowest BCUT2D eigenvalue weighted by molar-refractivity contribution is 0.134. The van der Waals surface area contributed by atoms with Crippen molar-refractivity contribution in [1.82, 2.24) is 0 Å². The number of hydrogen-bond donors (Lipinski definition) is 0. The van der Waals surface area contributed by atoms with Crippen molar-refractivity contribution in [1.29, 1.82) is 0 Å². The summed E-state index contributed by atoms with van der Waals surface area (Å²) in [5.74, 6) is 0. The third-order valence-corrected chi connectivity index (χ3v) is 1.68. The van der Waals surface area contributed by atoms with Gasteiger partial charge in [0.2, 0.25) is 0 Å². The van der Waals surface area contributed by atoms with Crippen molar-refractivity contribution in [3.8, 4) is 0 Å². The molecule has 0 N–H and O–H groups in total. The van der Waals surface area contributed by atoms with Gasteiger partial charge in [0.25, 0.3) is 0 Å². The van der Waals surface area contributed by atoms with Gasteiger partial charge < -0.3 is 4.74 Å². The van der Waals surface area contributed by atoms with E-state index in [9.17, 15) is 0 Å². The minimum Gasteiger partial charge on any atom is -0.381 e. The lowest BCUT2D eigenvalue weighted by Crippen LogP contribution is -1.95. The molecule has 1 nitrogen and oxygen atoms in total. The summed E-state index contributed by atoms with van der Waals surface area (Å²) in [6.07, 6.45) is 10.2. The minimum absolute atomic E-state index is 0.814. The van der Waals surface area contributed by atoms with E-state index in [-0.39, 0.29) is 0 Å². The van der Waals surface area contributed by atoms with Gasteiger partial charge in [-0.05, 0) is 32.6 Å². The Balaban J connectivity index is 2.81. The van der Waals surface area contributed by atoms with Crippen LogP contribution in [0.1, 0.15) is 39.0 Å². The van der Waals surface area contributed by atoms with Crippen LogP contribution >= 0.6 is 0 Å². The predicted octanol–water partition coefficient (Wildman–Crippen LogP) is 3.36. The standard InChI is InChI=1S/C11H21O/c1-3-5-6-7-8-9-11-12-10-4-2/h3,5H,2,4,6-11H2,1H3. The van der Waals surface area contributed by atoms with Crippen LogP contribution in [0.25, 0.3) is 0 Å². The van der Waals surface area contributed by atoms with Gasteiger partial charge in [0.05, 0.1) is 0 Å². The second kappa shape index (κ2) is 10.7. The number of allylic oxidation sites excluding steroid dienone is 2. The van der Waals surface area contributed by atoms with Gasteiger partial charge in [-0.1, -0.05) is 25.5 Å². The quantitative estimate of drug-likeness (QED) is 0.400. The molecule has 0 aliphatic carbocycles. The van der Waals surface area contributed by atoms with Crippen LogP contribution < -0.4 is 0 Å². The summed E-state index contributed by atoms with van der Waals surface area (Å²) < 4.78 is 5.31. The van der Waals surface area contributed by atoms with Crippen molar-refractivity contribution >= 4 is 0 Å². The predicted molar refractivity (Wildman–Crippen MR) is 54.1 cm³/mol. The van der Waals surface area contributed by atoms with Gasteiger partial charge in [-0.2, -0.15) is 0 Å². The molecule has 1 radical (unpaired) electrons. The van der Waals surface area contributed by atoms with Gasteiger partial charge in [-0.15, -0.1) is 0 Å². The molecular formula is C11H21O. The summed E-state index contributed by atoms with van der Waals surface area (Å²) >= 11 is 0. The first-order valence-corrected chi connectivity index (χ1v) is 4.90. The van der Waals surface area contributed by atoms with E-state index in [0.717, 1.165) is 19.6 Å². The summed E-state index contributed by atoms with van der Waals surface area (Å²) in [5.41, 5.74) is 0. The van der Waals surface area contributed by atoms with Gasteiger partial charge in [0, 0.05) is 13.2 Å². The Morgan fingerprint density at radius 2 is 2.00 bits per heavy atom. The number of hydrogen-bond acceptors (Lipinski definition) is 1. The highest BCUT2D eigenvalue weighted by molar-refractivity contribution is 4.76. The fourth-order valence-corrected chi connectivity index (χ4v) is 1.01. The Labute approximate surface area is 76.8 Å². The highest BCUT2D eigenvalue weighted by atomic mass is 16.5. The van der Waals surface area contributed by atoms with Crippen LogP contribution in [0.2, 0.25) is 0 Å². The third-order valence-electron chi connectivity index (χ3n) is 1.68. The van der Waals surface area contributed by atoms with E-state index in [1.54, 1.807) is 0 Å². The first kappa shape index (κ1) is 11.7. The second-order valence-electron chi connectivity index (χ2n) is 2.88. The van der Waals surface area contributed by atoms with Crippen molar-refractivity contribution in [2.24, 2.45) is 0 Å². The largest absolute Gasteiger partial charge is 0.381 e. The van der Waals surface area contributed by atoms with Gasteiger partial charge >= 0.3 is 0 Å². The summed E-state index contributed by atoms with van der Waals surface area (Å²) in [6, 6.07) is 0. The lowest BCUT2D eigenvalue weighted by Gasteiger charge is -2.00. The minimum atomic E-state index is 0.814. The molecule has 0 saturated heterocycles. The van der Waals surface area contributed by atoms with Crippen LogP contribution in [0.3, 0.4) is 0 Å². The highest BCUT2D eigenvalue weighted by Crippen LogP contribution is 2.00. The van der Waals surface area contributed by atoms with Crippen molar-refractivity contribution in [3.05, 3.63) is 19.1 Å². The van der Waals surface area contributed by atoms with Crippen LogP contribution in [-0.4, -0.2) is 13.2 Å². The van der Waals surface area contributed by atoms with Crippen LogP contribution in [0.4, 0.5) is 0 Å². The average Bonchev–Trinajstić information content (AvgIpc) is 2.10. The monoisotopic (exact) mass is 169 g/mol. The van der Waals surface area contributed by atoms with Crippen LogP contribution in [0.15, 0.2) is 12.2 Å². The Hall–Kier alpha value is -0.300. The zero-order valence-corrected chi connectivity index (χ0v) is 8.22. The molecule has 0 amide bonds. The maximum Gasteiger partial charge on any atom is 0.0466 e. The maximum absolute atomic E-state index is 5.31. The molecule has 0 aromatic rings. The topological polar surface area (TPSA) is 9.23 Å². The molecule has 0 saturated carbocycles. The molecule has 1 heteroatoms. The van der Waals surface area contributed by atoms with Crippen molar-refractivity contribution in [2.45, 2.75) is 39.0 Å². The Bertz CT molecular complexity index is 97.2. The van der Waals surface area contributed by atoms with Gasteiger partial charge in [0.15, 0.2) is 0 Å². The molecule has 0 spiro atoms. The van der Waals surface area contributed by atoms with E-state index in [1.807, 2.05) is 0 Å². The molecule has 0 rings (SSSR count). The molecule has 12 heavy (non-hydrogen) atoms. The van der Waals surface area contributed by atoms with Gasteiger partial charge in [0.1, 0.15) is 0 Å². The molecule has 0 heterocycles. The second-order valence-corrected chi connectivity index (χ2v) is 2.88. The third kappa shape index (κ3) is 9.70. The zero-order chi connectivity index (χ0) is 9.07. The zero-order valence-electron chi connectivity index (χ0n) is 8.22. The molecular weight excluding hydrogens is 148 g/mol. The summed E-state index contributed by atoms with van der Waals surface area (Å²) in [7, 11) is 0. The summed E-state index contributed by atoms with van der Waals surface area (Å²) in [6.45, 7) is 7.50. The first-order chi connectivity index (χ1) is 5.91. The number of unbranched alkanes of at least 4 members (excludes halogenated alkanes) is 3. The first-order valence-electron chi connectivity index (χ1n) is 4.90. The Morgan fingerprint density at radius 3 is 2.67 bits per heavy atom. The Morgan fingerprint density at radius 1 is 1.17 bits per heavy atom. The normalized spacial score (nSPS) is 11.2. The maximum atomic E-state index is 5.31. The van der Waals surface area contributed by atoms with E-state index >= 15 is 0 Å². The number of rotatable bonds is 8. The molecule has 0 aromatic heterocycles. The summed E-state index contributed by atoms with van der Waals surface area (Å²) in [5, 5.41) is 0. The molecule has 71 valence electrons. The molecule has 0 unspecified atom stereocenters. The fraction of sp³-hybridized carbons (Fsp3) is 0.727. The Kier molecular flexibility index (Phi) is 10.4. The van der Waals surface area contributed by atoms with Crippen LogP contribution in [0, 0.1) is 6.92 Å². The lowest BCUT2D eigenvalue weighted by atomic mass is 10.2. The summed E-state index contributed by atoms with van der Waals surface area (Å²) in [4.78, 5) is 0. The van der Waals surface area contributed by atoms with Crippen LogP contribution in [0.5, 0.6) is 0 Å². The fourth-order valence-electron chi connectivity index (χ4n) is 1.01. The molecule has 0 aliphatic rings. The smallest absolute Gasteiger partial charge is 0.0466 e. The molecule has 0 bridgehead atoms. The molecule has 0 aliphatic heterocycles. The van der Waals surface area contributed by atoms with E-state index in [1.165, 1.54) is 25.7 Å². The SMILES string of the molecule is [CH2]CCOCCCCCC=CC. The van der Waals surface area contributed by atoms with Gasteiger partial charge in [-0.25, -0.2) is 0 Å². The average molecular weight is 169 g/mol. The molecule has 0 atom stereocenters. The van der Waals surface area contributed by atoms with Crippen molar-refractivity contribution in [2.75, 3.05) is 13.2 Å². The molecule has 0 fully saturated rings. The van der Waals surface area contributed by atoms with Crippen LogP contribution in [-0.2, 0) is 4.74 Å². The van der Waals surface area contributed by atoms with E-state index < -0.39 is 0 Å². The number of ether oxygens (including phenoxy) is 1. The highest BCUT2D eigenvalue weighted by Gasteiger charge is 1.87. The van der Waals surface area contributed by atoms with E-state index in [0.29, 0.717) is 0 Å². The molecule has 0 aromatic carbocycles. The van der Waals surface area contributed by atoms with Crippen molar-refractivity contribution in [3.63, 3.8) is 0 Å². The van der Waals surface area contributed by atoms with Gasteiger partial charge in [-0.3, -0.25) is 0 Å². The van der Waals surface area contributed by atoms with E-state index in [2.05, 4.69) is 26.0 Å². The van der Waals surface area contributed by atoms with Crippen molar-refractivity contribution < 1.29 is 4.74 Å². The van der Waals surface area contributed by atoms with E-state index in [4.69, 9.17) is 4.74 Å².